The third-order valence-electron chi connectivity index (χ3n) is 3.89. The summed E-state index contributed by atoms with van der Waals surface area (Å²) in [7, 11) is 0. The normalized spacial score (nSPS) is 15.2. The molecule has 1 aromatic heterocycles. The second-order valence-corrected chi connectivity index (χ2v) is 5.72. The Hall–Kier alpha value is -2.38. The van der Waals surface area contributed by atoms with Crippen LogP contribution in [0, 0.1) is 0 Å². The van der Waals surface area contributed by atoms with E-state index in [0.717, 1.165) is 32.8 Å². The minimum absolute atomic E-state index is 0.228. The zero-order valence-electron chi connectivity index (χ0n) is 13.6. The number of hydrogen-bond acceptors (Lipinski definition) is 4. The number of urea groups is 1. The van der Waals surface area contributed by atoms with Crippen molar-refractivity contribution < 1.29 is 9.53 Å². The van der Waals surface area contributed by atoms with Crippen LogP contribution in [-0.4, -0.2) is 60.1 Å². The molecule has 24 heavy (non-hydrogen) atoms. The van der Waals surface area contributed by atoms with Gasteiger partial charge in [0.2, 0.25) is 0 Å². The third-order valence-corrected chi connectivity index (χ3v) is 3.89. The Balaban J connectivity index is 1.40. The summed E-state index contributed by atoms with van der Waals surface area (Å²) in [5.74, 6) is 0.551. The van der Waals surface area contributed by atoms with Gasteiger partial charge in [-0.3, -0.25) is 14.9 Å². The molecule has 0 spiro atoms. The Labute approximate surface area is 141 Å². The molecule has 0 aliphatic carbocycles. The molecule has 2 aromatic rings. The number of ether oxygens (including phenoxy) is 1. The molecule has 0 bridgehead atoms. The molecule has 0 saturated carbocycles. The van der Waals surface area contributed by atoms with Crippen LogP contribution in [0.2, 0.25) is 0 Å². The topological polar surface area (TPSA) is 71.4 Å². The fraction of sp³-hybridized carbons (Fsp3) is 0.412. The molecule has 1 aromatic carbocycles. The lowest BCUT2D eigenvalue weighted by atomic mass is 10.2. The average molecular weight is 329 g/mol. The molecule has 0 radical (unpaired) electrons. The predicted molar refractivity (Wildman–Crippen MR) is 92.1 cm³/mol. The number of morpholine rings is 1. The number of carbonyl (C=O) groups is 1. The quantitative estimate of drug-likeness (QED) is 0.840. The van der Waals surface area contributed by atoms with Gasteiger partial charge in [-0.05, 0) is 5.56 Å². The van der Waals surface area contributed by atoms with Crippen molar-refractivity contribution in [3.8, 4) is 0 Å². The number of aromatic nitrogens is 2. The SMILES string of the molecule is O=C(NCCN1CCOCC1)Nc1ccn(Cc2ccccc2)n1. The zero-order chi connectivity index (χ0) is 16.6. The first-order valence-electron chi connectivity index (χ1n) is 8.22. The third kappa shape index (κ3) is 5.07. The fourth-order valence-corrected chi connectivity index (χ4v) is 2.60. The molecule has 3 rings (SSSR count). The molecule has 1 aliphatic heterocycles. The van der Waals surface area contributed by atoms with Gasteiger partial charge in [-0.1, -0.05) is 30.3 Å². The summed E-state index contributed by atoms with van der Waals surface area (Å²) in [5, 5.41) is 9.98. The maximum Gasteiger partial charge on any atom is 0.320 e. The van der Waals surface area contributed by atoms with Crippen molar-refractivity contribution in [3.63, 3.8) is 0 Å². The standard InChI is InChI=1S/C17H23N5O2/c23-17(18-7-9-21-10-12-24-13-11-21)19-16-6-8-22(20-16)14-15-4-2-1-3-5-15/h1-6,8H,7,9-14H2,(H2,18,19,20,23). The van der Waals surface area contributed by atoms with E-state index in [1.807, 2.05) is 36.5 Å². The molecule has 2 N–H and O–H groups in total. The van der Waals surface area contributed by atoms with Gasteiger partial charge < -0.3 is 10.1 Å². The molecule has 7 nitrogen and oxygen atoms in total. The van der Waals surface area contributed by atoms with Crippen molar-refractivity contribution in [1.82, 2.24) is 20.0 Å². The second kappa shape index (κ2) is 8.47. The molecule has 0 atom stereocenters. The Morgan fingerprint density at radius 3 is 2.75 bits per heavy atom. The molecule has 0 unspecified atom stereocenters. The Morgan fingerprint density at radius 2 is 1.96 bits per heavy atom. The van der Waals surface area contributed by atoms with Crippen LogP contribution in [0.5, 0.6) is 0 Å². The van der Waals surface area contributed by atoms with Crippen LogP contribution in [0.25, 0.3) is 0 Å². The summed E-state index contributed by atoms with van der Waals surface area (Å²) in [6.07, 6.45) is 1.86. The molecular weight excluding hydrogens is 306 g/mol. The summed E-state index contributed by atoms with van der Waals surface area (Å²) < 4.78 is 7.10. The highest BCUT2D eigenvalue weighted by Crippen LogP contribution is 2.06. The highest BCUT2D eigenvalue weighted by molar-refractivity contribution is 5.88. The first kappa shape index (κ1) is 16.5. The minimum Gasteiger partial charge on any atom is -0.379 e. The smallest absolute Gasteiger partial charge is 0.320 e. The first-order chi connectivity index (χ1) is 11.8. The largest absolute Gasteiger partial charge is 0.379 e. The average Bonchev–Trinajstić information content (AvgIpc) is 3.03. The van der Waals surface area contributed by atoms with E-state index < -0.39 is 0 Å². The number of nitrogens with one attached hydrogen (secondary N) is 2. The zero-order valence-corrected chi connectivity index (χ0v) is 13.6. The number of carbonyl (C=O) groups excluding carboxylic acids is 1. The molecule has 2 heterocycles. The van der Waals surface area contributed by atoms with Crippen molar-refractivity contribution in [2.75, 3.05) is 44.7 Å². The van der Waals surface area contributed by atoms with Gasteiger partial charge in [-0.15, -0.1) is 0 Å². The van der Waals surface area contributed by atoms with Gasteiger partial charge >= 0.3 is 6.03 Å². The van der Waals surface area contributed by atoms with Gasteiger partial charge in [-0.25, -0.2) is 4.79 Å². The van der Waals surface area contributed by atoms with Crippen LogP contribution >= 0.6 is 0 Å². The number of amides is 2. The summed E-state index contributed by atoms with van der Waals surface area (Å²) in [6, 6.07) is 11.7. The fourth-order valence-electron chi connectivity index (χ4n) is 2.60. The Kier molecular flexibility index (Phi) is 5.81. The van der Waals surface area contributed by atoms with E-state index in [1.165, 1.54) is 5.56 Å². The highest BCUT2D eigenvalue weighted by atomic mass is 16.5. The van der Waals surface area contributed by atoms with Crippen molar-refractivity contribution in [1.29, 1.82) is 0 Å². The predicted octanol–water partition coefficient (Wildman–Crippen LogP) is 1.39. The van der Waals surface area contributed by atoms with Crippen molar-refractivity contribution >= 4 is 11.8 Å². The highest BCUT2D eigenvalue weighted by Gasteiger charge is 2.10. The lowest BCUT2D eigenvalue weighted by molar-refractivity contribution is 0.0388. The van der Waals surface area contributed by atoms with E-state index in [0.29, 0.717) is 18.9 Å². The first-order valence-corrected chi connectivity index (χ1v) is 8.22. The summed E-state index contributed by atoms with van der Waals surface area (Å²) in [5.41, 5.74) is 1.17. The maximum absolute atomic E-state index is 11.9. The van der Waals surface area contributed by atoms with Crippen LogP contribution in [-0.2, 0) is 11.3 Å². The van der Waals surface area contributed by atoms with Crippen LogP contribution in [0.3, 0.4) is 0 Å². The monoisotopic (exact) mass is 329 g/mol. The van der Waals surface area contributed by atoms with E-state index in [1.54, 1.807) is 10.7 Å². The van der Waals surface area contributed by atoms with Gasteiger partial charge in [0.1, 0.15) is 0 Å². The number of anilines is 1. The van der Waals surface area contributed by atoms with E-state index in [4.69, 9.17) is 4.74 Å². The molecule has 1 fully saturated rings. The summed E-state index contributed by atoms with van der Waals surface area (Å²) >= 11 is 0. The second-order valence-electron chi connectivity index (χ2n) is 5.72. The number of rotatable bonds is 6. The van der Waals surface area contributed by atoms with Gasteiger partial charge in [-0.2, -0.15) is 5.10 Å². The van der Waals surface area contributed by atoms with Gasteiger partial charge in [0.15, 0.2) is 5.82 Å². The van der Waals surface area contributed by atoms with Crippen LogP contribution in [0.4, 0.5) is 10.6 Å². The van der Waals surface area contributed by atoms with Crippen LogP contribution in [0.15, 0.2) is 42.6 Å². The van der Waals surface area contributed by atoms with Crippen LogP contribution < -0.4 is 10.6 Å². The molecule has 2 amide bonds. The van der Waals surface area contributed by atoms with E-state index in [-0.39, 0.29) is 6.03 Å². The maximum atomic E-state index is 11.9. The van der Waals surface area contributed by atoms with Gasteiger partial charge in [0.05, 0.1) is 19.8 Å². The van der Waals surface area contributed by atoms with E-state index >= 15 is 0 Å². The molecular formula is C17H23N5O2. The van der Waals surface area contributed by atoms with Crippen molar-refractivity contribution in [2.45, 2.75) is 6.54 Å². The van der Waals surface area contributed by atoms with Gasteiger partial charge in [0.25, 0.3) is 0 Å². The number of nitrogens with zero attached hydrogens (tertiary/aromatic N) is 3. The number of benzene rings is 1. The molecule has 1 aliphatic rings. The Bertz CT molecular complexity index is 637. The Morgan fingerprint density at radius 1 is 1.17 bits per heavy atom. The lowest BCUT2D eigenvalue weighted by Gasteiger charge is -2.26. The van der Waals surface area contributed by atoms with Crippen molar-refractivity contribution in [3.05, 3.63) is 48.2 Å². The summed E-state index contributed by atoms with van der Waals surface area (Å²) in [4.78, 5) is 14.2. The van der Waals surface area contributed by atoms with E-state index in [2.05, 4.69) is 20.6 Å². The molecule has 1 saturated heterocycles. The lowest BCUT2D eigenvalue weighted by Crippen LogP contribution is -2.42. The van der Waals surface area contributed by atoms with Crippen LogP contribution in [0.1, 0.15) is 5.56 Å². The summed E-state index contributed by atoms with van der Waals surface area (Å²) in [6.45, 7) is 5.51. The van der Waals surface area contributed by atoms with E-state index in [9.17, 15) is 4.79 Å². The molecule has 128 valence electrons. The minimum atomic E-state index is -0.228. The van der Waals surface area contributed by atoms with Gasteiger partial charge in [0, 0.05) is 38.4 Å². The molecule has 7 heteroatoms. The number of hydrogen-bond donors (Lipinski definition) is 2. The van der Waals surface area contributed by atoms with Crippen molar-refractivity contribution in [2.24, 2.45) is 0 Å².